The van der Waals surface area contributed by atoms with Gasteiger partial charge in [0.1, 0.15) is 11.3 Å². The van der Waals surface area contributed by atoms with Crippen LogP contribution in [-0.2, 0) is 4.79 Å². The van der Waals surface area contributed by atoms with Crippen LogP contribution in [0.1, 0.15) is 28.8 Å². The molecule has 1 amide bonds. The van der Waals surface area contributed by atoms with Gasteiger partial charge in [0.05, 0.1) is 5.56 Å². The van der Waals surface area contributed by atoms with Gasteiger partial charge in [0, 0.05) is 0 Å². The van der Waals surface area contributed by atoms with Crippen LogP contribution in [0.3, 0.4) is 0 Å². The Morgan fingerprint density at radius 3 is 2.47 bits per heavy atom. The van der Waals surface area contributed by atoms with E-state index < -0.39 is 17.4 Å². The number of hydrogen-bond acceptors (Lipinski definition) is 3. The van der Waals surface area contributed by atoms with Crippen molar-refractivity contribution in [3.8, 4) is 5.75 Å². The predicted molar refractivity (Wildman–Crippen MR) is 59.9 cm³/mol. The summed E-state index contributed by atoms with van der Waals surface area (Å²) in [4.78, 5) is 22.7. The first-order valence-corrected chi connectivity index (χ1v) is 5.30. The molecule has 3 N–H and O–H groups in total. The van der Waals surface area contributed by atoms with Crippen LogP contribution in [0.5, 0.6) is 5.75 Å². The smallest absolute Gasteiger partial charge is 0.329 e. The minimum Gasteiger partial charge on any atom is -0.507 e. The normalized spacial score (nSPS) is 16.3. The summed E-state index contributed by atoms with van der Waals surface area (Å²) < 4.78 is 0. The Kier molecular flexibility index (Phi) is 2.53. The second kappa shape index (κ2) is 3.76. The van der Waals surface area contributed by atoms with Crippen molar-refractivity contribution in [3.05, 3.63) is 29.3 Å². The Bertz CT molecular complexity index is 491. The van der Waals surface area contributed by atoms with Crippen molar-refractivity contribution < 1.29 is 19.8 Å². The molecule has 2 rings (SSSR count). The summed E-state index contributed by atoms with van der Waals surface area (Å²) in [5, 5.41) is 21.0. The Hall–Kier alpha value is -2.04. The molecule has 5 heteroatoms. The molecular weight excluding hydrogens is 222 g/mol. The number of aromatic hydroxyl groups is 1. The number of phenolic OH excluding ortho intramolecular Hbond substituents is 1. The number of amides is 1. The molecule has 0 unspecified atom stereocenters. The summed E-state index contributed by atoms with van der Waals surface area (Å²) in [6.07, 6.45) is 0.862. The van der Waals surface area contributed by atoms with E-state index >= 15 is 0 Å². The van der Waals surface area contributed by atoms with E-state index in [0.29, 0.717) is 12.8 Å². The molecule has 0 atom stereocenters. The topological polar surface area (TPSA) is 86.6 Å². The van der Waals surface area contributed by atoms with Gasteiger partial charge in [0.25, 0.3) is 5.91 Å². The summed E-state index contributed by atoms with van der Waals surface area (Å²) >= 11 is 0. The van der Waals surface area contributed by atoms with Crippen LogP contribution in [0.2, 0.25) is 0 Å². The van der Waals surface area contributed by atoms with Gasteiger partial charge in [-0.25, -0.2) is 4.79 Å². The molecule has 1 aromatic rings. The van der Waals surface area contributed by atoms with E-state index in [1.807, 2.05) is 0 Å². The molecule has 17 heavy (non-hydrogen) atoms. The highest BCUT2D eigenvalue weighted by Gasteiger charge is 2.51. The van der Waals surface area contributed by atoms with Crippen LogP contribution in [0.4, 0.5) is 0 Å². The highest BCUT2D eigenvalue weighted by molar-refractivity contribution is 6.00. The van der Waals surface area contributed by atoms with E-state index in [1.165, 1.54) is 12.1 Å². The number of carbonyl (C=O) groups is 2. The van der Waals surface area contributed by atoms with Gasteiger partial charge >= 0.3 is 5.97 Å². The van der Waals surface area contributed by atoms with Gasteiger partial charge < -0.3 is 15.5 Å². The van der Waals surface area contributed by atoms with Gasteiger partial charge in [-0.15, -0.1) is 0 Å². The number of rotatable bonds is 3. The molecule has 0 spiro atoms. The van der Waals surface area contributed by atoms with Crippen LogP contribution >= 0.6 is 0 Å². The van der Waals surface area contributed by atoms with E-state index in [2.05, 4.69) is 5.32 Å². The lowest BCUT2D eigenvalue weighted by molar-refractivity contribution is -0.140. The molecule has 1 fully saturated rings. The Labute approximate surface area is 98.1 Å². The van der Waals surface area contributed by atoms with Crippen molar-refractivity contribution in [2.24, 2.45) is 0 Å². The number of aryl methyl sites for hydroxylation is 1. The molecule has 0 aliphatic heterocycles. The quantitative estimate of drug-likeness (QED) is 0.730. The number of carbonyl (C=O) groups excluding carboxylic acids is 1. The van der Waals surface area contributed by atoms with Gasteiger partial charge in [-0.05, 0) is 37.5 Å². The van der Waals surface area contributed by atoms with Crippen molar-refractivity contribution in [1.82, 2.24) is 5.32 Å². The fraction of sp³-hybridized carbons (Fsp3) is 0.333. The molecule has 0 heterocycles. The lowest BCUT2D eigenvalue weighted by Crippen LogP contribution is -2.43. The monoisotopic (exact) mass is 235 g/mol. The van der Waals surface area contributed by atoms with Crippen molar-refractivity contribution in [2.75, 3.05) is 0 Å². The van der Waals surface area contributed by atoms with Crippen LogP contribution in [0.25, 0.3) is 0 Å². The summed E-state index contributed by atoms with van der Waals surface area (Å²) in [6, 6.07) is 4.64. The average molecular weight is 235 g/mol. The minimum absolute atomic E-state index is 0.100. The van der Waals surface area contributed by atoms with Crippen molar-refractivity contribution in [2.45, 2.75) is 25.3 Å². The maximum Gasteiger partial charge on any atom is 0.329 e. The Balaban J connectivity index is 2.18. The second-order valence-electron chi connectivity index (χ2n) is 4.36. The summed E-state index contributed by atoms with van der Waals surface area (Å²) in [6.45, 7) is 1.79. The maximum absolute atomic E-state index is 11.8. The second-order valence-corrected chi connectivity index (χ2v) is 4.36. The molecule has 1 aliphatic carbocycles. The highest BCUT2D eigenvalue weighted by Crippen LogP contribution is 2.36. The first-order chi connectivity index (χ1) is 7.94. The van der Waals surface area contributed by atoms with Crippen molar-refractivity contribution in [3.63, 3.8) is 0 Å². The zero-order chi connectivity index (χ0) is 12.6. The van der Waals surface area contributed by atoms with E-state index in [4.69, 9.17) is 5.11 Å². The number of carboxylic acids is 1. The number of hydrogen-bond donors (Lipinski definition) is 3. The average Bonchev–Trinajstić information content (AvgIpc) is 2.98. The number of aliphatic carboxylic acids is 1. The van der Waals surface area contributed by atoms with Gasteiger partial charge in [-0.2, -0.15) is 0 Å². The van der Waals surface area contributed by atoms with E-state index in [0.717, 1.165) is 5.56 Å². The number of carboxylic acid groups (broad SMARTS) is 1. The fourth-order valence-electron chi connectivity index (χ4n) is 1.64. The van der Waals surface area contributed by atoms with Crippen LogP contribution in [-0.4, -0.2) is 27.6 Å². The molecule has 5 nitrogen and oxygen atoms in total. The summed E-state index contributed by atoms with van der Waals surface area (Å²) in [7, 11) is 0. The van der Waals surface area contributed by atoms with E-state index in [9.17, 15) is 14.7 Å². The molecular formula is C12H13NO4. The first kappa shape index (κ1) is 11.4. The molecule has 90 valence electrons. The third kappa shape index (κ3) is 2.08. The molecule has 1 aliphatic rings. The maximum atomic E-state index is 11.8. The highest BCUT2D eigenvalue weighted by atomic mass is 16.4. The molecule has 0 bridgehead atoms. The van der Waals surface area contributed by atoms with Crippen LogP contribution < -0.4 is 5.32 Å². The van der Waals surface area contributed by atoms with E-state index in [1.54, 1.807) is 13.0 Å². The Morgan fingerprint density at radius 1 is 1.35 bits per heavy atom. The molecule has 0 radical (unpaired) electrons. The minimum atomic E-state index is -1.13. The van der Waals surface area contributed by atoms with Crippen LogP contribution in [0, 0.1) is 6.92 Å². The van der Waals surface area contributed by atoms with Crippen molar-refractivity contribution in [1.29, 1.82) is 0 Å². The van der Waals surface area contributed by atoms with E-state index in [-0.39, 0.29) is 11.3 Å². The third-order valence-electron chi connectivity index (χ3n) is 2.91. The molecule has 1 aromatic carbocycles. The largest absolute Gasteiger partial charge is 0.507 e. The van der Waals surface area contributed by atoms with Gasteiger partial charge in [-0.1, -0.05) is 6.07 Å². The number of benzene rings is 1. The fourth-order valence-corrected chi connectivity index (χ4v) is 1.64. The zero-order valence-electron chi connectivity index (χ0n) is 9.36. The number of nitrogens with one attached hydrogen (secondary N) is 1. The van der Waals surface area contributed by atoms with Crippen molar-refractivity contribution >= 4 is 11.9 Å². The third-order valence-corrected chi connectivity index (χ3v) is 2.91. The van der Waals surface area contributed by atoms with Gasteiger partial charge in [0.15, 0.2) is 0 Å². The van der Waals surface area contributed by atoms with Crippen LogP contribution in [0.15, 0.2) is 18.2 Å². The summed E-state index contributed by atoms with van der Waals surface area (Å²) in [5.74, 6) is -1.72. The Morgan fingerprint density at radius 2 is 2.00 bits per heavy atom. The predicted octanol–water partition coefficient (Wildman–Crippen LogP) is 1.05. The first-order valence-electron chi connectivity index (χ1n) is 5.30. The SMILES string of the molecule is Cc1ccc(C(=O)NC2(C(=O)O)CC2)c(O)c1. The zero-order valence-corrected chi connectivity index (χ0v) is 9.36. The molecule has 0 saturated heterocycles. The lowest BCUT2D eigenvalue weighted by Gasteiger charge is -2.13. The molecule has 0 aromatic heterocycles. The summed E-state index contributed by atoms with van der Waals surface area (Å²) in [5.41, 5.74) is -0.199. The van der Waals surface area contributed by atoms with Gasteiger partial charge in [-0.3, -0.25) is 4.79 Å². The van der Waals surface area contributed by atoms with Gasteiger partial charge in [0.2, 0.25) is 0 Å². The lowest BCUT2D eigenvalue weighted by atomic mass is 10.1. The molecule has 1 saturated carbocycles. The number of phenols is 1. The standard InChI is InChI=1S/C12H13NO4/c1-7-2-3-8(9(14)6-7)10(15)13-12(4-5-12)11(16)17/h2-3,6,14H,4-5H2,1H3,(H,13,15)(H,16,17).